The van der Waals surface area contributed by atoms with Gasteiger partial charge in [-0.1, -0.05) is 60.2 Å². The molecule has 0 saturated heterocycles. The Morgan fingerprint density at radius 3 is 2.28 bits per heavy atom. The van der Waals surface area contributed by atoms with Crippen molar-refractivity contribution in [2.75, 3.05) is 0 Å². The lowest BCUT2D eigenvalue weighted by molar-refractivity contribution is 0.112. The van der Waals surface area contributed by atoms with Gasteiger partial charge in [0.1, 0.15) is 0 Å². The number of hydrogen-bond donors (Lipinski definition) is 3. The summed E-state index contributed by atoms with van der Waals surface area (Å²) in [5, 5.41) is 8.92. The Kier molecular flexibility index (Phi) is 6.90. The summed E-state index contributed by atoms with van der Waals surface area (Å²) in [5.41, 5.74) is 4.65. The number of hydroxylamine groups is 1. The van der Waals surface area contributed by atoms with Crippen LogP contribution in [-0.4, -0.2) is 24.2 Å². The third kappa shape index (κ3) is 6.10. The minimum absolute atomic E-state index is 0.0666. The molecule has 1 aliphatic carbocycles. The van der Waals surface area contributed by atoms with E-state index in [4.69, 9.17) is 9.76 Å². The fourth-order valence-corrected chi connectivity index (χ4v) is 3.14. The van der Waals surface area contributed by atoms with Gasteiger partial charge < -0.3 is 5.21 Å². The van der Waals surface area contributed by atoms with E-state index < -0.39 is 10.1 Å². The highest BCUT2D eigenvalue weighted by Crippen LogP contribution is 2.22. The fourth-order valence-electron chi connectivity index (χ4n) is 2.66. The fraction of sp³-hybridized carbons (Fsp3) is 0.263. The van der Waals surface area contributed by atoms with E-state index in [1.807, 2.05) is 13.0 Å². The second-order valence-corrected chi connectivity index (χ2v) is 7.46. The van der Waals surface area contributed by atoms with E-state index in [0.29, 0.717) is 5.92 Å². The maximum atomic E-state index is 10.5. The SMILES string of the molecule is Cc1ccc(S(=O)(=O)O)cc1.ON[C@H]1CC=C[C@@H]1Cc1ccccc1. The topological polar surface area (TPSA) is 86.6 Å². The summed E-state index contributed by atoms with van der Waals surface area (Å²) in [4.78, 5) is -0.0666. The van der Waals surface area contributed by atoms with Crippen molar-refractivity contribution < 1.29 is 18.2 Å². The lowest BCUT2D eigenvalue weighted by atomic mass is 9.95. The number of rotatable bonds is 4. The zero-order valence-electron chi connectivity index (χ0n) is 14.0. The highest BCUT2D eigenvalue weighted by molar-refractivity contribution is 7.85. The highest BCUT2D eigenvalue weighted by atomic mass is 32.2. The van der Waals surface area contributed by atoms with Crippen LogP contribution < -0.4 is 5.48 Å². The molecule has 0 fully saturated rings. The summed E-state index contributed by atoms with van der Waals surface area (Å²) in [7, 11) is -4.02. The van der Waals surface area contributed by atoms with E-state index in [2.05, 4.69) is 41.9 Å². The number of nitrogens with one attached hydrogen (secondary N) is 1. The van der Waals surface area contributed by atoms with E-state index in [9.17, 15) is 8.42 Å². The van der Waals surface area contributed by atoms with Crippen LogP contribution in [0.3, 0.4) is 0 Å². The van der Waals surface area contributed by atoms with Gasteiger partial charge in [0.05, 0.1) is 4.90 Å². The van der Waals surface area contributed by atoms with Crippen LogP contribution in [0.4, 0.5) is 0 Å². The molecule has 25 heavy (non-hydrogen) atoms. The summed E-state index contributed by atoms with van der Waals surface area (Å²) in [5.74, 6) is 0.419. The average molecular weight is 361 g/mol. The second kappa shape index (κ2) is 8.92. The minimum Gasteiger partial charge on any atom is -0.317 e. The summed E-state index contributed by atoms with van der Waals surface area (Å²) < 4.78 is 29.6. The van der Waals surface area contributed by atoms with Crippen molar-refractivity contribution in [1.82, 2.24) is 5.48 Å². The maximum absolute atomic E-state index is 10.5. The first kappa shape index (κ1) is 19.3. The largest absolute Gasteiger partial charge is 0.317 e. The quantitative estimate of drug-likeness (QED) is 0.441. The van der Waals surface area contributed by atoms with Gasteiger partial charge in [0.25, 0.3) is 10.1 Å². The molecule has 134 valence electrons. The van der Waals surface area contributed by atoms with Crippen molar-refractivity contribution >= 4 is 10.1 Å². The second-order valence-electron chi connectivity index (χ2n) is 6.04. The van der Waals surface area contributed by atoms with Crippen molar-refractivity contribution in [2.45, 2.75) is 30.7 Å². The van der Waals surface area contributed by atoms with Crippen LogP contribution in [0.25, 0.3) is 0 Å². The Bertz CT molecular complexity index is 786. The van der Waals surface area contributed by atoms with Crippen molar-refractivity contribution in [3.05, 3.63) is 77.9 Å². The van der Waals surface area contributed by atoms with Crippen molar-refractivity contribution in [2.24, 2.45) is 5.92 Å². The van der Waals surface area contributed by atoms with E-state index >= 15 is 0 Å². The Labute approximate surface area is 148 Å². The van der Waals surface area contributed by atoms with Crippen molar-refractivity contribution in [3.8, 4) is 0 Å². The van der Waals surface area contributed by atoms with Gasteiger partial charge in [-0.3, -0.25) is 4.55 Å². The van der Waals surface area contributed by atoms with Gasteiger partial charge in [0.2, 0.25) is 0 Å². The van der Waals surface area contributed by atoms with Crippen molar-refractivity contribution in [1.29, 1.82) is 0 Å². The molecule has 1 aliphatic rings. The van der Waals surface area contributed by atoms with Crippen LogP contribution >= 0.6 is 0 Å². The Morgan fingerprint density at radius 1 is 1.08 bits per heavy atom. The lowest BCUT2D eigenvalue weighted by Gasteiger charge is -2.17. The maximum Gasteiger partial charge on any atom is 0.294 e. The highest BCUT2D eigenvalue weighted by Gasteiger charge is 2.21. The van der Waals surface area contributed by atoms with Gasteiger partial charge in [-0.25, -0.2) is 5.48 Å². The Morgan fingerprint density at radius 2 is 1.72 bits per heavy atom. The van der Waals surface area contributed by atoms with Crippen LogP contribution in [0.2, 0.25) is 0 Å². The molecule has 3 N–H and O–H groups in total. The monoisotopic (exact) mass is 361 g/mol. The van der Waals surface area contributed by atoms with Crippen molar-refractivity contribution in [3.63, 3.8) is 0 Å². The lowest BCUT2D eigenvalue weighted by Crippen LogP contribution is -2.30. The van der Waals surface area contributed by atoms with E-state index in [0.717, 1.165) is 18.4 Å². The standard InChI is InChI=1S/C12H15NO.C7H8O3S/c14-13-12-8-4-7-11(12)9-10-5-2-1-3-6-10;1-6-2-4-7(5-3-6)11(8,9)10/h1-7,11-14H,8-9H2;2-5H,1H3,(H,8,9,10)/t11-,12+;/m1./s1. The van der Waals surface area contributed by atoms with Crippen LogP contribution in [0.1, 0.15) is 17.5 Å². The number of aryl methyl sites for hydroxylation is 1. The average Bonchev–Trinajstić information content (AvgIpc) is 3.03. The van der Waals surface area contributed by atoms with Gasteiger partial charge in [-0.05, 0) is 43.4 Å². The molecule has 0 aromatic heterocycles. The van der Waals surface area contributed by atoms with Crippen LogP contribution in [-0.2, 0) is 16.5 Å². The Hall–Kier alpha value is -1.99. The molecule has 6 heteroatoms. The van der Waals surface area contributed by atoms with Gasteiger partial charge in [0, 0.05) is 6.04 Å². The number of hydrogen-bond acceptors (Lipinski definition) is 4. The molecule has 0 amide bonds. The zero-order chi connectivity index (χ0) is 18.3. The third-order valence-corrected chi connectivity index (χ3v) is 4.96. The summed E-state index contributed by atoms with van der Waals surface area (Å²) in [6.45, 7) is 1.84. The molecule has 5 nitrogen and oxygen atoms in total. The molecule has 2 aromatic rings. The van der Waals surface area contributed by atoms with Gasteiger partial charge >= 0.3 is 0 Å². The molecule has 3 rings (SSSR count). The first-order valence-electron chi connectivity index (χ1n) is 8.04. The first-order valence-corrected chi connectivity index (χ1v) is 9.48. The number of benzene rings is 2. The van der Waals surface area contributed by atoms with Crippen LogP contribution in [0.5, 0.6) is 0 Å². The van der Waals surface area contributed by atoms with E-state index in [1.54, 1.807) is 12.1 Å². The molecular weight excluding hydrogens is 338 g/mol. The first-order chi connectivity index (χ1) is 11.9. The van der Waals surface area contributed by atoms with Crippen LogP contribution in [0.15, 0.2) is 71.6 Å². The molecule has 0 radical (unpaired) electrons. The third-order valence-electron chi connectivity index (χ3n) is 4.09. The minimum atomic E-state index is -4.02. The molecule has 0 saturated carbocycles. The molecular formula is C19H23NO4S. The Balaban J connectivity index is 0.000000186. The molecule has 2 atom stereocenters. The zero-order valence-corrected chi connectivity index (χ0v) is 14.9. The molecule has 0 unspecified atom stereocenters. The normalized spacial score (nSPS) is 19.3. The molecule has 0 heterocycles. The summed E-state index contributed by atoms with van der Waals surface area (Å²) in [6, 6.07) is 16.6. The van der Waals surface area contributed by atoms with Gasteiger partial charge in [-0.2, -0.15) is 8.42 Å². The predicted molar refractivity (Wildman–Crippen MR) is 97.1 cm³/mol. The molecule has 0 spiro atoms. The molecule has 2 aromatic carbocycles. The molecule has 0 bridgehead atoms. The summed E-state index contributed by atoms with van der Waals surface area (Å²) in [6.07, 6.45) is 6.23. The summed E-state index contributed by atoms with van der Waals surface area (Å²) >= 11 is 0. The smallest absolute Gasteiger partial charge is 0.294 e. The predicted octanol–water partition coefficient (Wildman–Crippen LogP) is 3.39. The van der Waals surface area contributed by atoms with Gasteiger partial charge in [0.15, 0.2) is 0 Å². The molecule has 0 aliphatic heterocycles. The van der Waals surface area contributed by atoms with Gasteiger partial charge in [-0.15, -0.1) is 0 Å². The van der Waals surface area contributed by atoms with E-state index in [-0.39, 0.29) is 10.9 Å². The van der Waals surface area contributed by atoms with Crippen LogP contribution in [0, 0.1) is 12.8 Å². The van der Waals surface area contributed by atoms with E-state index in [1.165, 1.54) is 17.7 Å².